The predicted molar refractivity (Wildman–Crippen MR) is 95.8 cm³/mol. The minimum Gasteiger partial charge on any atom is -0.462 e. The normalized spacial score (nSPS) is 10.9. The molecule has 0 radical (unpaired) electrons. The van der Waals surface area contributed by atoms with E-state index in [1.165, 1.54) is 12.4 Å². The van der Waals surface area contributed by atoms with Gasteiger partial charge in [0.25, 0.3) is 5.91 Å². The van der Waals surface area contributed by atoms with Gasteiger partial charge in [0.2, 0.25) is 5.95 Å². The van der Waals surface area contributed by atoms with Gasteiger partial charge in [0, 0.05) is 23.6 Å². The fraction of sp³-hybridized carbons (Fsp3) is 0.333. The van der Waals surface area contributed by atoms with Crippen LogP contribution in [0.2, 0.25) is 0 Å². The van der Waals surface area contributed by atoms with Crippen LogP contribution in [0.15, 0.2) is 36.7 Å². The van der Waals surface area contributed by atoms with Crippen molar-refractivity contribution in [3.05, 3.63) is 47.8 Å². The van der Waals surface area contributed by atoms with Crippen LogP contribution in [0.5, 0.6) is 0 Å². The summed E-state index contributed by atoms with van der Waals surface area (Å²) in [6.07, 6.45) is 2.92. The number of ether oxygens (including phenoxy) is 1. The molecule has 0 fully saturated rings. The highest BCUT2D eigenvalue weighted by molar-refractivity contribution is 6.04. The summed E-state index contributed by atoms with van der Waals surface area (Å²) in [6, 6.07) is 6.47. The molecule has 0 aliphatic heterocycles. The molecule has 2 N–H and O–H groups in total. The van der Waals surface area contributed by atoms with Crippen molar-refractivity contribution in [3.63, 3.8) is 0 Å². The van der Waals surface area contributed by atoms with Gasteiger partial charge in [-0.2, -0.15) is 0 Å². The number of rotatable bonds is 5. The lowest BCUT2D eigenvalue weighted by atomic mass is 10.1. The molecule has 1 amide bonds. The SMILES string of the molecule is CCOC(=O)c1ccc(NC(=O)c2cnc(NC(C)(C)C)nc2)cc1. The van der Waals surface area contributed by atoms with E-state index in [4.69, 9.17) is 4.74 Å². The van der Waals surface area contributed by atoms with E-state index >= 15 is 0 Å². The van der Waals surface area contributed by atoms with Gasteiger partial charge in [0.1, 0.15) is 0 Å². The van der Waals surface area contributed by atoms with Crippen LogP contribution in [-0.4, -0.2) is 34.0 Å². The molecule has 7 nitrogen and oxygen atoms in total. The molecule has 0 spiro atoms. The third kappa shape index (κ3) is 5.56. The van der Waals surface area contributed by atoms with Crippen LogP contribution in [0.3, 0.4) is 0 Å². The molecule has 7 heteroatoms. The van der Waals surface area contributed by atoms with E-state index in [1.54, 1.807) is 31.2 Å². The second-order valence-electron chi connectivity index (χ2n) is 6.42. The van der Waals surface area contributed by atoms with Crippen LogP contribution >= 0.6 is 0 Å². The van der Waals surface area contributed by atoms with E-state index in [9.17, 15) is 9.59 Å². The average Bonchev–Trinajstić information content (AvgIpc) is 2.55. The number of hydrogen-bond acceptors (Lipinski definition) is 6. The Bertz CT molecular complexity index is 734. The second-order valence-corrected chi connectivity index (χ2v) is 6.42. The predicted octanol–water partition coefficient (Wildman–Crippen LogP) is 3.12. The van der Waals surface area contributed by atoms with Gasteiger partial charge in [-0.3, -0.25) is 4.79 Å². The number of nitrogens with zero attached hydrogens (tertiary/aromatic N) is 2. The van der Waals surface area contributed by atoms with E-state index in [2.05, 4.69) is 20.6 Å². The summed E-state index contributed by atoms with van der Waals surface area (Å²) in [5.41, 5.74) is 1.18. The number of benzene rings is 1. The molecule has 2 aromatic rings. The average molecular weight is 342 g/mol. The Morgan fingerprint density at radius 1 is 1.04 bits per heavy atom. The fourth-order valence-electron chi connectivity index (χ4n) is 1.95. The van der Waals surface area contributed by atoms with E-state index < -0.39 is 5.97 Å². The molecular formula is C18H22N4O3. The minimum atomic E-state index is -0.393. The molecule has 0 saturated heterocycles. The fourth-order valence-corrected chi connectivity index (χ4v) is 1.95. The van der Waals surface area contributed by atoms with Crippen molar-refractivity contribution in [1.29, 1.82) is 0 Å². The van der Waals surface area contributed by atoms with Crippen molar-refractivity contribution in [1.82, 2.24) is 9.97 Å². The van der Waals surface area contributed by atoms with E-state index in [0.717, 1.165) is 0 Å². The zero-order valence-corrected chi connectivity index (χ0v) is 14.8. The van der Waals surface area contributed by atoms with Crippen molar-refractivity contribution >= 4 is 23.5 Å². The van der Waals surface area contributed by atoms with Crippen LogP contribution in [0.1, 0.15) is 48.4 Å². The van der Waals surface area contributed by atoms with Crippen molar-refractivity contribution in [2.75, 3.05) is 17.2 Å². The monoisotopic (exact) mass is 342 g/mol. The zero-order valence-electron chi connectivity index (χ0n) is 14.8. The van der Waals surface area contributed by atoms with Gasteiger partial charge >= 0.3 is 5.97 Å². The lowest BCUT2D eigenvalue weighted by Crippen LogP contribution is -2.27. The third-order valence-electron chi connectivity index (χ3n) is 3.05. The number of anilines is 2. The number of carbonyl (C=O) groups excluding carboxylic acids is 2. The Hall–Kier alpha value is -2.96. The topological polar surface area (TPSA) is 93.2 Å². The van der Waals surface area contributed by atoms with Gasteiger partial charge < -0.3 is 15.4 Å². The number of nitrogens with one attached hydrogen (secondary N) is 2. The van der Waals surface area contributed by atoms with Crippen molar-refractivity contribution in [2.24, 2.45) is 0 Å². The Morgan fingerprint density at radius 3 is 2.16 bits per heavy atom. The zero-order chi connectivity index (χ0) is 18.4. The van der Waals surface area contributed by atoms with Crippen molar-refractivity contribution in [3.8, 4) is 0 Å². The van der Waals surface area contributed by atoms with Crippen LogP contribution in [0.4, 0.5) is 11.6 Å². The minimum absolute atomic E-state index is 0.162. The molecule has 1 aromatic heterocycles. The molecule has 0 atom stereocenters. The molecule has 1 aromatic carbocycles. The summed E-state index contributed by atoms with van der Waals surface area (Å²) in [7, 11) is 0. The Morgan fingerprint density at radius 2 is 1.64 bits per heavy atom. The second kappa shape index (κ2) is 7.74. The highest BCUT2D eigenvalue weighted by Crippen LogP contribution is 2.13. The Kier molecular flexibility index (Phi) is 5.69. The lowest BCUT2D eigenvalue weighted by Gasteiger charge is -2.20. The summed E-state index contributed by atoms with van der Waals surface area (Å²) in [5.74, 6) is -0.259. The largest absolute Gasteiger partial charge is 0.462 e. The third-order valence-corrected chi connectivity index (χ3v) is 3.05. The maximum atomic E-state index is 12.2. The standard InChI is InChI=1S/C18H22N4O3/c1-5-25-16(24)12-6-8-14(9-7-12)21-15(23)13-10-19-17(20-11-13)22-18(2,3)4/h6-11H,5H2,1-4H3,(H,21,23)(H,19,20,22). The summed E-state index contributed by atoms with van der Waals surface area (Å²) in [4.78, 5) is 32.1. The highest BCUT2D eigenvalue weighted by atomic mass is 16.5. The number of aromatic nitrogens is 2. The first-order chi connectivity index (χ1) is 11.8. The highest BCUT2D eigenvalue weighted by Gasteiger charge is 2.13. The van der Waals surface area contributed by atoms with E-state index in [1.807, 2.05) is 20.8 Å². The van der Waals surface area contributed by atoms with Crippen LogP contribution < -0.4 is 10.6 Å². The maximum absolute atomic E-state index is 12.2. The van der Waals surface area contributed by atoms with Crippen molar-refractivity contribution < 1.29 is 14.3 Å². The van der Waals surface area contributed by atoms with Crippen LogP contribution in [0.25, 0.3) is 0 Å². The molecule has 2 rings (SSSR count). The first-order valence-electron chi connectivity index (χ1n) is 7.97. The molecule has 0 aliphatic rings. The Balaban J connectivity index is 2.00. The van der Waals surface area contributed by atoms with Gasteiger partial charge in [-0.1, -0.05) is 0 Å². The number of esters is 1. The van der Waals surface area contributed by atoms with Gasteiger partial charge in [-0.15, -0.1) is 0 Å². The molecule has 0 bridgehead atoms. The first-order valence-corrected chi connectivity index (χ1v) is 7.97. The van der Waals surface area contributed by atoms with Gasteiger partial charge in [0.05, 0.1) is 17.7 Å². The van der Waals surface area contributed by atoms with E-state index in [-0.39, 0.29) is 11.4 Å². The molecule has 0 aliphatic carbocycles. The molecule has 0 saturated carbocycles. The number of carbonyl (C=O) groups is 2. The first kappa shape index (κ1) is 18.4. The van der Waals surface area contributed by atoms with Gasteiger partial charge in [0.15, 0.2) is 0 Å². The summed E-state index contributed by atoms with van der Waals surface area (Å²) < 4.78 is 4.92. The molecule has 0 unspecified atom stereocenters. The van der Waals surface area contributed by atoms with Gasteiger partial charge in [-0.25, -0.2) is 14.8 Å². The quantitative estimate of drug-likeness (QED) is 0.811. The van der Waals surface area contributed by atoms with E-state index in [0.29, 0.717) is 29.4 Å². The number of hydrogen-bond donors (Lipinski definition) is 2. The molecule has 25 heavy (non-hydrogen) atoms. The maximum Gasteiger partial charge on any atom is 0.338 e. The summed E-state index contributed by atoms with van der Waals surface area (Å²) >= 11 is 0. The van der Waals surface area contributed by atoms with Gasteiger partial charge in [-0.05, 0) is 52.0 Å². The smallest absolute Gasteiger partial charge is 0.338 e. The van der Waals surface area contributed by atoms with Crippen LogP contribution in [-0.2, 0) is 4.74 Å². The Labute approximate surface area is 146 Å². The van der Waals surface area contributed by atoms with Crippen LogP contribution in [0, 0.1) is 0 Å². The molecule has 132 valence electrons. The molecular weight excluding hydrogens is 320 g/mol. The van der Waals surface area contributed by atoms with Crippen molar-refractivity contribution in [2.45, 2.75) is 33.2 Å². The molecule has 1 heterocycles. The summed E-state index contributed by atoms with van der Waals surface area (Å²) in [5, 5.41) is 5.86. The lowest BCUT2D eigenvalue weighted by molar-refractivity contribution is 0.0526. The summed E-state index contributed by atoms with van der Waals surface area (Å²) in [6.45, 7) is 8.05. The number of amides is 1.